The molecule has 5 aliphatic rings. The van der Waals surface area contributed by atoms with E-state index in [1.165, 1.54) is 0 Å². The molecular formula is C33H19CuN8+. The van der Waals surface area contributed by atoms with Crippen molar-refractivity contribution in [1.29, 1.82) is 0 Å². The summed E-state index contributed by atoms with van der Waals surface area (Å²) in [6, 6.07) is 32.2. The van der Waals surface area contributed by atoms with Crippen LogP contribution in [0.4, 0.5) is 0 Å². The van der Waals surface area contributed by atoms with Crippen molar-refractivity contribution in [2.24, 2.45) is 34.9 Å². The predicted molar refractivity (Wildman–Crippen MR) is 162 cm³/mol. The summed E-state index contributed by atoms with van der Waals surface area (Å²) in [6.07, 6.45) is 0. The zero-order chi connectivity index (χ0) is 27.1. The molecule has 0 aromatic heterocycles. The third-order valence-electron chi connectivity index (χ3n) is 7.75. The molecule has 9 heteroatoms. The van der Waals surface area contributed by atoms with Crippen molar-refractivity contribution in [1.82, 2.24) is 0 Å². The van der Waals surface area contributed by atoms with Crippen molar-refractivity contribution in [3.63, 3.8) is 0 Å². The number of benzene rings is 4. The molecule has 0 saturated carbocycles. The molecule has 0 amide bonds. The first-order valence-corrected chi connectivity index (χ1v) is 13.3. The van der Waals surface area contributed by atoms with Gasteiger partial charge in [-0.1, -0.05) is 82.8 Å². The molecule has 4 aromatic carbocycles. The van der Waals surface area contributed by atoms with Gasteiger partial charge in [0.25, 0.3) is 11.7 Å². The number of amidine groups is 8. The first-order valence-electron chi connectivity index (χ1n) is 13.3. The standard InChI is InChI=1S/C33H19N8.Cu/c1-41-32-24-16-8-9-17-25(24)33(41)40-31-23-15-7-5-13-21(23)29(38-31)36-27-19-11-3-2-10-18(19)26(34-27)35-28-20-12-4-6-14-22(20)30(37-28)39-32;/h2-17H,1H3;/q+1;. The zero-order valence-corrected chi connectivity index (χ0v) is 23.1. The average molecular weight is 591 g/mol. The largest absolute Gasteiger partial charge is 0.273 e. The van der Waals surface area contributed by atoms with Gasteiger partial charge in [0.1, 0.15) is 0 Å². The molecule has 4 aromatic rings. The van der Waals surface area contributed by atoms with Gasteiger partial charge in [-0.3, -0.25) is 0 Å². The molecule has 201 valence electrons. The van der Waals surface area contributed by atoms with Gasteiger partial charge in [0.05, 0.1) is 18.2 Å². The second-order valence-electron chi connectivity index (χ2n) is 10.1. The Morgan fingerprint density at radius 3 is 1.02 bits per heavy atom. The molecule has 5 heterocycles. The van der Waals surface area contributed by atoms with E-state index >= 15 is 0 Å². The van der Waals surface area contributed by atoms with Gasteiger partial charge in [-0.15, -0.1) is 0 Å². The molecule has 0 spiro atoms. The SMILES string of the molecule is C[N+]1=C2N=C3N=C(N=C4N=C(N=C5N=C(N=C1c1ccccc12)c1ccccc15)c1ccccc14)c1ccccc13.[Cu]. The maximum Gasteiger partial charge on any atom is 0.273 e. The Labute approximate surface area is 251 Å². The zero-order valence-electron chi connectivity index (χ0n) is 22.1. The molecule has 42 heavy (non-hydrogen) atoms. The summed E-state index contributed by atoms with van der Waals surface area (Å²) in [5.74, 6) is 5.01. The Morgan fingerprint density at radius 2 is 0.643 bits per heavy atom. The van der Waals surface area contributed by atoms with Gasteiger partial charge in [0, 0.05) is 50.4 Å². The number of nitrogens with zero attached hydrogens (tertiary/aromatic N) is 8. The summed E-state index contributed by atoms with van der Waals surface area (Å²) in [4.78, 5) is 35.0. The Bertz CT molecular complexity index is 2160. The van der Waals surface area contributed by atoms with Gasteiger partial charge in [0.2, 0.25) is 11.7 Å². The normalized spacial score (nSPS) is 16.9. The minimum absolute atomic E-state index is 0. The summed E-state index contributed by atoms with van der Waals surface area (Å²) in [5.41, 5.74) is 7.45. The second-order valence-corrected chi connectivity index (χ2v) is 10.1. The van der Waals surface area contributed by atoms with Crippen LogP contribution in [0, 0.1) is 0 Å². The van der Waals surface area contributed by atoms with E-state index in [0.29, 0.717) is 35.0 Å². The fourth-order valence-electron chi connectivity index (χ4n) is 5.80. The fourth-order valence-corrected chi connectivity index (χ4v) is 5.80. The molecule has 0 aliphatic carbocycles. The molecule has 5 aliphatic heterocycles. The van der Waals surface area contributed by atoms with E-state index in [4.69, 9.17) is 34.9 Å². The van der Waals surface area contributed by atoms with E-state index in [2.05, 4.69) is 12.1 Å². The molecule has 0 fully saturated rings. The Kier molecular flexibility index (Phi) is 5.34. The van der Waals surface area contributed by atoms with Crippen molar-refractivity contribution < 1.29 is 21.6 Å². The molecule has 0 saturated heterocycles. The van der Waals surface area contributed by atoms with Crippen LogP contribution in [0.3, 0.4) is 0 Å². The summed E-state index contributed by atoms with van der Waals surface area (Å²) < 4.78 is 2.01. The van der Waals surface area contributed by atoms with Crippen molar-refractivity contribution >= 4 is 46.7 Å². The quantitative estimate of drug-likeness (QED) is 0.214. The topological polar surface area (TPSA) is 89.5 Å². The maximum atomic E-state index is 5.12. The molecule has 8 bridgehead atoms. The van der Waals surface area contributed by atoms with Crippen LogP contribution in [0.5, 0.6) is 0 Å². The van der Waals surface area contributed by atoms with E-state index in [1.807, 2.05) is 96.6 Å². The van der Waals surface area contributed by atoms with Crippen LogP contribution in [0.2, 0.25) is 0 Å². The summed E-state index contributed by atoms with van der Waals surface area (Å²) in [5, 5.41) is 0. The van der Waals surface area contributed by atoms with E-state index < -0.39 is 0 Å². The van der Waals surface area contributed by atoms with E-state index in [-0.39, 0.29) is 17.1 Å². The molecule has 0 N–H and O–H groups in total. The van der Waals surface area contributed by atoms with E-state index in [0.717, 1.165) is 56.2 Å². The van der Waals surface area contributed by atoms with Crippen molar-refractivity contribution in [3.8, 4) is 0 Å². The molecule has 8 nitrogen and oxygen atoms in total. The van der Waals surface area contributed by atoms with Crippen LogP contribution in [0.25, 0.3) is 0 Å². The number of fused-ring (bicyclic) bond motifs is 16. The van der Waals surface area contributed by atoms with Crippen LogP contribution in [-0.2, 0) is 17.1 Å². The molecule has 9 rings (SSSR count). The van der Waals surface area contributed by atoms with Crippen LogP contribution >= 0.6 is 0 Å². The van der Waals surface area contributed by atoms with Crippen LogP contribution < -0.4 is 0 Å². The summed E-state index contributed by atoms with van der Waals surface area (Å²) >= 11 is 0. The second kappa shape index (κ2) is 9.14. The minimum atomic E-state index is 0. The number of hydrogen-bond acceptors (Lipinski definition) is 7. The van der Waals surface area contributed by atoms with Crippen molar-refractivity contribution in [2.45, 2.75) is 0 Å². The first-order chi connectivity index (χ1) is 20.2. The predicted octanol–water partition coefficient (Wildman–Crippen LogP) is 4.47. The van der Waals surface area contributed by atoms with Crippen molar-refractivity contribution in [2.75, 3.05) is 7.05 Å². The van der Waals surface area contributed by atoms with Crippen LogP contribution in [-0.4, -0.2) is 58.3 Å². The number of hydrogen-bond donors (Lipinski definition) is 0. The Balaban J connectivity index is 0.00000267. The summed E-state index contributed by atoms with van der Waals surface area (Å²) in [7, 11) is 1.98. The monoisotopic (exact) mass is 590 g/mol. The van der Waals surface area contributed by atoms with Gasteiger partial charge in [-0.05, 0) is 24.3 Å². The minimum Gasteiger partial charge on any atom is -0.229 e. The Hall–Kier alpha value is -5.24. The van der Waals surface area contributed by atoms with Gasteiger partial charge in [-0.25, -0.2) is 19.6 Å². The average Bonchev–Trinajstić information content (AvgIpc) is 3.72. The van der Waals surface area contributed by atoms with Gasteiger partial charge in [-0.2, -0.15) is 9.98 Å². The van der Waals surface area contributed by atoms with Crippen molar-refractivity contribution in [3.05, 3.63) is 142 Å². The molecule has 0 unspecified atom stereocenters. The van der Waals surface area contributed by atoms with Crippen LogP contribution in [0.1, 0.15) is 44.5 Å². The fraction of sp³-hybridized carbons (Fsp3) is 0.0303. The first kappa shape index (κ1) is 24.5. The third-order valence-corrected chi connectivity index (χ3v) is 7.75. The van der Waals surface area contributed by atoms with E-state index in [1.54, 1.807) is 0 Å². The molecule has 1 radical (unpaired) electrons. The van der Waals surface area contributed by atoms with Gasteiger partial charge < -0.3 is 0 Å². The van der Waals surface area contributed by atoms with Gasteiger partial charge in [0.15, 0.2) is 23.3 Å². The number of rotatable bonds is 0. The summed E-state index contributed by atoms with van der Waals surface area (Å²) in [6.45, 7) is 0. The van der Waals surface area contributed by atoms with Gasteiger partial charge >= 0.3 is 0 Å². The molecular weight excluding hydrogens is 572 g/mol. The maximum absolute atomic E-state index is 5.12. The third kappa shape index (κ3) is 3.48. The Morgan fingerprint density at radius 1 is 0.357 bits per heavy atom. The van der Waals surface area contributed by atoms with Crippen LogP contribution in [0.15, 0.2) is 132 Å². The number of aliphatic imine (C=N–C) groups is 7. The smallest absolute Gasteiger partial charge is 0.229 e. The van der Waals surface area contributed by atoms with E-state index in [9.17, 15) is 0 Å². The molecule has 0 atom stereocenters.